The molecule has 0 N–H and O–H groups in total. The molecule has 62 valence electrons. The van der Waals surface area contributed by atoms with Gasteiger partial charge in [0.2, 0.25) is 0 Å². The van der Waals surface area contributed by atoms with Crippen molar-refractivity contribution >= 4 is 15.9 Å². The second-order valence-corrected chi connectivity index (χ2v) is 3.43. The highest BCUT2D eigenvalue weighted by Gasteiger charge is 1.97. The molecule has 11 heavy (non-hydrogen) atoms. The van der Waals surface area contributed by atoms with Gasteiger partial charge in [0.15, 0.2) is 0 Å². The number of nitrogens with zero attached hydrogens (tertiary/aromatic N) is 3. The molecule has 1 aromatic rings. The summed E-state index contributed by atoms with van der Waals surface area (Å²) in [6, 6.07) is 0. The lowest BCUT2D eigenvalue weighted by Gasteiger charge is -2.12. The maximum absolute atomic E-state index is 4.13. The number of hydrogen-bond acceptors (Lipinski definition) is 2. The predicted octanol–water partition coefficient (Wildman–Crippen LogP) is 1.55. The number of aromatic nitrogens is 2. The molecular formula is C7H12BrN3. The molecule has 1 heterocycles. The van der Waals surface area contributed by atoms with Crippen molar-refractivity contribution in [2.24, 2.45) is 0 Å². The van der Waals surface area contributed by atoms with E-state index in [-0.39, 0.29) is 0 Å². The molecule has 3 nitrogen and oxygen atoms in total. The van der Waals surface area contributed by atoms with Gasteiger partial charge >= 0.3 is 0 Å². The molecule has 0 atom stereocenters. The van der Waals surface area contributed by atoms with Crippen LogP contribution in [0.4, 0.5) is 0 Å². The maximum atomic E-state index is 4.13. The Labute approximate surface area is 75.1 Å². The van der Waals surface area contributed by atoms with Gasteiger partial charge in [-0.05, 0) is 29.5 Å². The van der Waals surface area contributed by atoms with E-state index in [0.717, 1.165) is 17.7 Å². The molecule has 0 aliphatic rings. The van der Waals surface area contributed by atoms with E-state index in [4.69, 9.17) is 0 Å². The van der Waals surface area contributed by atoms with Gasteiger partial charge in [-0.2, -0.15) is 5.10 Å². The SMILES string of the molecule is CCN(C)Cn1cc(Br)cn1. The largest absolute Gasteiger partial charge is 0.288 e. The summed E-state index contributed by atoms with van der Waals surface area (Å²) in [5.41, 5.74) is 0. The van der Waals surface area contributed by atoms with E-state index in [9.17, 15) is 0 Å². The summed E-state index contributed by atoms with van der Waals surface area (Å²) < 4.78 is 2.93. The Morgan fingerprint density at radius 1 is 1.73 bits per heavy atom. The van der Waals surface area contributed by atoms with Crippen LogP contribution in [0, 0.1) is 0 Å². The van der Waals surface area contributed by atoms with Crippen molar-refractivity contribution in [3.05, 3.63) is 16.9 Å². The minimum absolute atomic E-state index is 0.849. The van der Waals surface area contributed by atoms with Gasteiger partial charge in [-0.3, -0.25) is 9.58 Å². The first-order chi connectivity index (χ1) is 5.22. The van der Waals surface area contributed by atoms with Crippen molar-refractivity contribution in [2.75, 3.05) is 13.6 Å². The predicted molar refractivity (Wildman–Crippen MR) is 48.2 cm³/mol. The van der Waals surface area contributed by atoms with Crippen LogP contribution in [0.25, 0.3) is 0 Å². The first-order valence-corrected chi connectivity index (χ1v) is 4.38. The normalized spacial score (nSPS) is 10.9. The lowest BCUT2D eigenvalue weighted by molar-refractivity contribution is 0.267. The summed E-state index contributed by atoms with van der Waals surface area (Å²) >= 11 is 3.34. The van der Waals surface area contributed by atoms with Gasteiger partial charge in [0.25, 0.3) is 0 Å². The summed E-state index contributed by atoms with van der Waals surface area (Å²) in [5.74, 6) is 0. The number of rotatable bonds is 3. The van der Waals surface area contributed by atoms with Crippen LogP contribution in [0.3, 0.4) is 0 Å². The smallest absolute Gasteiger partial charge is 0.0926 e. The van der Waals surface area contributed by atoms with Crippen LogP contribution >= 0.6 is 15.9 Å². The minimum atomic E-state index is 0.849. The molecule has 0 aliphatic carbocycles. The molecule has 0 amide bonds. The molecule has 1 aromatic heterocycles. The lowest BCUT2D eigenvalue weighted by atomic mass is 10.6. The molecule has 1 rings (SSSR count). The zero-order valence-electron chi connectivity index (χ0n) is 6.79. The summed E-state index contributed by atoms with van der Waals surface area (Å²) in [6.45, 7) is 4.01. The second-order valence-electron chi connectivity index (χ2n) is 2.51. The monoisotopic (exact) mass is 217 g/mol. The third kappa shape index (κ3) is 2.63. The number of halogens is 1. The molecule has 0 saturated carbocycles. The van der Waals surface area contributed by atoms with Crippen molar-refractivity contribution in [2.45, 2.75) is 13.6 Å². The van der Waals surface area contributed by atoms with Crippen LogP contribution in [0.1, 0.15) is 6.92 Å². The Morgan fingerprint density at radius 2 is 2.45 bits per heavy atom. The zero-order chi connectivity index (χ0) is 8.27. The minimum Gasteiger partial charge on any atom is -0.288 e. The van der Waals surface area contributed by atoms with Crippen LogP contribution < -0.4 is 0 Å². The van der Waals surface area contributed by atoms with E-state index in [1.807, 2.05) is 10.9 Å². The quantitative estimate of drug-likeness (QED) is 0.767. The molecule has 0 unspecified atom stereocenters. The average Bonchev–Trinajstić information content (AvgIpc) is 2.35. The summed E-state index contributed by atoms with van der Waals surface area (Å²) in [6.07, 6.45) is 3.76. The molecule has 0 saturated heterocycles. The van der Waals surface area contributed by atoms with Gasteiger partial charge in [-0.1, -0.05) is 6.92 Å². The summed E-state index contributed by atoms with van der Waals surface area (Å²) in [5, 5.41) is 4.13. The highest BCUT2D eigenvalue weighted by molar-refractivity contribution is 9.10. The molecule has 0 aromatic carbocycles. The van der Waals surface area contributed by atoms with Crippen molar-refractivity contribution < 1.29 is 0 Å². The highest BCUT2D eigenvalue weighted by Crippen LogP contribution is 2.06. The molecule has 0 spiro atoms. The van der Waals surface area contributed by atoms with Crippen LogP contribution in [0.5, 0.6) is 0 Å². The second kappa shape index (κ2) is 3.88. The first-order valence-electron chi connectivity index (χ1n) is 3.59. The summed E-state index contributed by atoms with van der Waals surface area (Å²) in [7, 11) is 2.07. The maximum Gasteiger partial charge on any atom is 0.0926 e. The molecule has 4 heteroatoms. The zero-order valence-corrected chi connectivity index (χ0v) is 8.37. The number of hydrogen-bond donors (Lipinski definition) is 0. The van der Waals surface area contributed by atoms with Gasteiger partial charge < -0.3 is 0 Å². The Morgan fingerprint density at radius 3 is 2.91 bits per heavy atom. The van der Waals surface area contributed by atoms with Gasteiger partial charge in [0, 0.05) is 6.20 Å². The fraction of sp³-hybridized carbons (Fsp3) is 0.571. The Balaban J connectivity index is 2.50. The van der Waals surface area contributed by atoms with Gasteiger partial charge in [-0.25, -0.2) is 0 Å². The van der Waals surface area contributed by atoms with E-state index in [0.29, 0.717) is 0 Å². The van der Waals surface area contributed by atoms with E-state index in [1.54, 1.807) is 6.20 Å². The standard InChI is InChI=1S/C7H12BrN3/c1-3-10(2)6-11-5-7(8)4-9-11/h4-5H,3,6H2,1-2H3. The van der Waals surface area contributed by atoms with E-state index >= 15 is 0 Å². The molecule has 0 bridgehead atoms. The third-order valence-electron chi connectivity index (χ3n) is 1.53. The van der Waals surface area contributed by atoms with E-state index in [1.165, 1.54) is 0 Å². The Hall–Kier alpha value is -0.350. The Kier molecular flexibility index (Phi) is 3.08. The first kappa shape index (κ1) is 8.74. The fourth-order valence-corrected chi connectivity index (χ4v) is 1.09. The van der Waals surface area contributed by atoms with Crippen LogP contribution in [-0.4, -0.2) is 28.3 Å². The fourth-order valence-electron chi connectivity index (χ4n) is 0.763. The van der Waals surface area contributed by atoms with Crippen LogP contribution in [0.15, 0.2) is 16.9 Å². The van der Waals surface area contributed by atoms with Gasteiger partial charge in [0.1, 0.15) is 0 Å². The van der Waals surface area contributed by atoms with Crippen molar-refractivity contribution in [3.8, 4) is 0 Å². The molecule has 0 aliphatic heterocycles. The average molecular weight is 218 g/mol. The van der Waals surface area contributed by atoms with E-state index in [2.05, 4.69) is 39.9 Å². The molecular weight excluding hydrogens is 206 g/mol. The topological polar surface area (TPSA) is 21.1 Å². The third-order valence-corrected chi connectivity index (χ3v) is 1.94. The van der Waals surface area contributed by atoms with Gasteiger partial charge in [-0.15, -0.1) is 0 Å². The van der Waals surface area contributed by atoms with Crippen LogP contribution in [0.2, 0.25) is 0 Å². The molecule has 0 fully saturated rings. The highest BCUT2D eigenvalue weighted by atomic mass is 79.9. The lowest BCUT2D eigenvalue weighted by Crippen LogP contribution is -2.21. The van der Waals surface area contributed by atoms with Crippen molar-refractivity contribution in [1.82, 2.24) is 14.7 Å². The Bertz CT molecular complexity index is 221. The van der Waals surface area contributed by atoms with E-state index < -0.39 is 0 Å². The van der Waals surface area contributed by atoms with Gasteiger partial charge in [0.05, 0.1) is 17.3 Å². The van der Waals surface area contributed by atoms with Crippen LogP contribution in [-0.2, 0) is 6.67 Å². The van der Waals surface area contributed by atoms with Crippen molar-refractivity contribution in [3.63, 3.8) is 0 Å². The van der Waals surface area contributed by atoms with Crippen molar-refractivity contribution in [1.29, 1.82) is 0 Å². The molecule has 0 radical (unpaired) electrons. The summed E-state index contributed by atoms with van der Waals surface area (Å²) in [4.78, 5) is 2.18.